The van der Waals surface area contributed by atoms with Crippen LogP contribution in [-0.2, 0) is 14.8 Å². The van der Waals surface area contributed by atoms with Crippen LogP contribution in [0.15, 0.2) is 8.68 Å². The van der Waals surface area contributed by atoms with E-state index in [1.165, 1.54) is 11.8 Å². The zero-order valence-corrected chi connectivity index (χ0v) is 15.7. The highest BCUT2D eigenvalue weighted by Crippen LogP contribution is 2.30. The van der Waals surface area contributed by atoms with Gasteiger partial charge in [-0.25, -0.2) is 0 Å². The van der Waals surface area contributed by atoms with E-state index in [1.54, 1.807) is 6.92 Å². The van der Waals surface area contributed by atoms with Crippen molar-refractivity contribution in [2.75, 3.05) is 10.0 Å². The number of rotatable bonds is 7. The van der Waals surface area contributed by atoms with E-state index in [0.29, 0.717) is 9.59 Å². The number of nitrogens with zero attached hydrogens (tertiary/aromatic N) is 4. The number of hydrogen-bond acceptors (Lipinski definition) is 10. The lowest BCUT2D eigenvalue weighted by Gasteiger charge is -1.99. The van der Waals surface area contributed by atoms with Gasteiger partial charge in [-0.15, -0.1) is 20.4 Å². The molecule has 0 aromatic carbocycles. The predicted octanol–water partition coefficient (Wildman–Crippen LogP) is 2.04. The Labute approximate surface area is 145 Å². The molecule has 0 radical (unpaired) electrons. The molecule has 2 N–H and O–H groups in total. The van der Waals surface area contributed by atoms with E-state index >= 15 is 0 Å². The summed E-state index contributed by atoms with van der Waals surface area (Å²) in [5.41, 5.74) is 0. The van der Waals surface area contributed by atoms with Crippen molar-refractivity contribution >= 4 is 60.6 Å². The zero-order valence-electron chi connectivity index (χ0n) is 12.4. The molecule has 0 spiro atoms. The van der Waals surface area contributed by atoms with Crippen molar-refractivity contribution in [3.8, 4) is 0 Å². The van der Waals surface area contributed by atoms with Crippen molar-refractivity contribution in [2.45, 2.75) is 41.1 Å². The smallest absolute Gasteiger partial charge is 0.293 e. The maximum absolute atomic E-state index is 12.2. The minimum absolute atomic E-state index is 0.130. The molecule has 2 heterocycles. The molecule has 0 aliphatic heterocycles. The molecule has 0 bridgehead atoms. The first-order chi connectivity index (χ1) is 10.8. The number of sulfonamides is 1. The molecular formula is C10H14N6O3S4. The minimum Gasteiger partial charge on any atom is -0.301 e. The van der Waals surface area contributed by atoms with Crippen LogP contribution in [0.25, 0.3) is 0 Å². The molecule has 0 saturated heterocycles. The molecule has 2 aromatic rings. The van der Waals surface area contributed by atoms with Crippen LogP contribution in [-0.4, -0.2) is 40.0 Å². The van der Waals surface area contributed by atoms with E-state index in [9.17, 15) is 13.2 Å². The van der Waals surface area contributed by atoms with Gasteiger partial charge in [-0.3, -0.25) is 9.52 Å². The summed E-state index contributed by atoms with van der Waals surface area (Å²) >= 11 is 3.40. The van der Waals surface area contributed by atoms with Gasteiger partial charge < -0.3 is 5.32 Å². The Morgan fingerprint density at radius 1 is 1.17 bits per heavy atom. The fourth-order valence-corrected chi connectivity index (χ4v) is 5.36. The molecule has 0 atom stereocenters. The molecular weight excluding hydrogens is 380 g/mol. The van der Waals surface area contributed by atoms with E-state index in [4.69, 9.17) is 0 Å². The molecule has 0 saturated carbocycles. The lowest BCUT2D eigenvalue weighted by molar-refractivity contribution is -0.115. The number of nitrogens with one attached hydrogen (secondary N) is 2. The van der Waals surface area contributed by atoms with Crippen molar-refractivity contribution in [2.24, 2.45) is 0 Å². The molecule has 23 heavy (non-hydrogen) atoms. The number of carbonyl (C=O) groups excluding carboxylic acids is 1. The first kappa shape index (κ1) is 18.0. The summed E-state index contributed by atoms with van der Waals surface area (Å²) in [6, 6.07) is 0. The highest BCUT2D eigenvalue weighted by Gasteiger charge is 2.23. The van der Waals surface area contributed by atoms with Gasteiger partial charge >= 0.3 is 0 Å². The molecule has 1 amide bonds. The number of aromatic nitrogens is 4. The molecule has 126 valence electrons. The topological polar surface area (TPSA) is 127 Å². The largest absolute Gasteiger partial charge is 0.301 e. The standard InChI is InChI=1S/C10H14N6O3S4/c1-4-6(17)11-7-12-15-10(22-7)23(18,19)16-8-13-14-9(21-8)20-5(2)3/h5H,4H2,1-3H3,(H,13,16)(H,11,12,17). The number of anilines is 2. The highest BCUT2D eigenvalue weighted by atomic mass is 32.2. The van der Waals surface area contributed by atoms with Crippen LogP contribution in [0.5, 0.6) is 0 Å². The molecule has 0 fully saturated rings. The SMILES string of the molecule is CCC(=O)Nc1nnc(S(=O)(=O)Nc2nnc(SC(C)C)s2)s1. The van der Waals surface area contributed by atoms with Gasteiger partial charge in [-0.05, 0) is 0 Å². The van der Waals surface area contributed by atoms with Crippen LogP contribution in [0.3, 0.4) is 0 Å². The molecule has 0 aliphatic carbocycles. The Morgan fingerprint density at radius 2 is 1.87 bits per heavy atom. The van der Waals surface area contributed by atoms with Crippen molar-refractivity contribution in [3.05, 3.63) is 0 Å². The summed E-state index contributed by atoms with van der Waals surface area (Å²) in [6.07, 6.45) is 0.265. The second kappa shape index (κ2) is 7.51. The summed E-state index contributed by atoms with van der Waals surface area (Å²) in [7, 11) is -3.91. The third-order valence-electron chi connectivity index (χ3n) is 2.17. The molecule has 9 nitrogen and oxygen atoms in total. The summed E-state index contributed by atoms with van der Waals surface area (Å²) in [4.78, 5) is 11.3. The Hall–Kier alpha value is -1.31. The van der Waals surface area contributed by atoms with Crippen LogP contribution in [0.4, 0.5) is 10.3 Å². The van der Waals surface area contributed by atoms with Crippen molar-refractivity contribution < 1.29 is 13.2 Å². The second-order valence-electron chi connectivity index (χ2n) is 4.42. The van der Waals surface area contributed by atoms with E-state index < -0.39 is 10.0 Å². The van der Waals surface area contributed by atoms with Gasteiger partial charge in [0.25, 0.3) is 14.4 Å². The number of thioether (sulfide) groups is 1. The van der Waals surface area contributed by atoms with Gasteiger partial charge in [0.15, 0.2) is 4.34 Å². The fraction of sp³-hybridized carbons (Fsp3) is 0.500. The van der Waals surface area contributed by atoms with Crippen LogP contribution in [0.1, 0.15) is 27.2 Å². The van der Waals surface area contributed by atoms with Crippen LogP contribution in [0.2, 0.25) is 0 Å². The predicted molar refractivity (Wildman–Crippen MR) is 90.5 cm³/mol. The first-order valence-electron chi connectivity index (χ1n) is 6.46. The van der Waals surface area contributed by atoms with Crippen molar-refractivity contribution in [3.63, 3.8) is 0 Å². The van der Waals surface area contributed by atoms with Gasteiger partial charge in [0, 0.05) is 11.7 Å². The highest BCUT2D eigenvalue weighted by molar-refractivity contribution is 8.01. The zero-order chi connectivity index (χ0) is 17.0. The summed E-state index contributed by atoms with van der Waals surface area (Å²) in [6.45, 7) is 5.68. The molecule has 0 unspecified atom stereocenters. The van der Waals surface area contributed by atoms with E-state index in [1.807, 2.05) is 13.8 Å². The number of carbonyl (C=O) groups is 1. The van der Waals surface area contributed by atoms with E-state index in [2.05, 4.69) is 30.4 Å². The summed E-state index contributed by atoms with van der Waals surface area (Å²) in [5.74, 6) is -0.266. The van der Waals surface area contributed by atoms with E-state index in [0.717, 1.165) is 22.7 Å². The average Bonchev–Trinajstić information content (AvgIpc) is 3.07. The van der Waals surface area contributed by atoms with Gasteiger partial charge in [0.2, 0.25) is 16.2 Å². The van der Waals surface area contributed by atoms with Crippen LogP contribution >= 0.6 is 34.4 Å². The Morgan fingerprint density at radius 3 is 2.52 bits per heavy atom. The van der Waals surface area contributed by atoms with Gasteiger partial charge in [0.05, 0.1) is 0 Å². The Kier molecular flexibility index (Phi) is 5.89. The van der Waals surface area contributed by atoms with Gasteiger partial charge in [-0.2, -0.15) is 8.42 Å². The average molecular weight is 395 g/mol. The quantitative estimate of drug-likeness (QED) is 0.539. The van der Waals surface area contributed by atoms with Crippen molar-refractivity contribution in [1.29, 1.82) is 0 Å². The Balaban J connectivity index is 2.09. The normalized spacial score (nSPS) is 11.7. The molecule has 2 aromatic heterocycles. The molecule has 13 heteroatoms. The van der Waals surface area contributed by atoms with E-state index in [-0.39, 0.29) is 26.9 Å². The number of amides is 1. The third-order valence-corrected chi connectivity index (χ3v) is 6.77. The van der Waals surface area contributed by atoms with Gasteiger partial charge in [0.1, 0.15) is 0 Å². The van der Waals surface area contributed by atoms with Crippen LogP contribution < -0.4 is 10.0 Å². The summed E-state index contributed by atoms with van der Waals surface area (Å²) < 4.78 is 27.2. The molecule has 0 aliphatic rings. The maximum atomic E-state index is 12.2. The minimum atomic E-state index is -3.91. The summed E-state index contributed by atoms with van der Waals surface area (Å²) in [5, 5.41) is 18.0. The first-order valence-corrected chi connectivity index (χ1v) is 10.5. The van der Waals surface area contributed by atoms with Crippen LogP contribution in [0, 0.1) is 0 Å². The number of hydrogen-bond donors (Lipinski definition) is 2. The maximum Gasteiger partial charge on any atom is 0.293 e. The lowest BCUT2D eigenvalue weighted by atomic mass is 10.5. The fourth-order valence-electron chi connectivity index (χ4n) is 1.24. The second-order valence-corrected chi connectivity index (χ2v) is 10.1. The molecule has 2 rings (SSSR count). The third kappa shape index (κ3) is 5.09. The lowest BCUT2D eigenvalue weighted by Crippen LogP contribution is -2.12. The Bertz CT molecular complexity index is 784. The van der Waals surface area contributed by atoms with Crippen molar-refractivity contribution in [1.82, 2.24) is 20.4 Å². The van der Waals surface area contributed by atoms with Gasteiger partial charge in [-0.1, -0.05) is 55.2 Å². The monoisotopic (exact) mass is 394 g/mol.